The highest BCUT2D eigenvalue weighted by Crippen LogP contribution is 2.25. The average Bonchev–Trinajstić information content (AvgIpc) is 2.96. The molecule has 4 aromatic rings. The van der Waals surface area contributed by atoms with Crippen LogP contribution in [0, 0.1) is 0 Å². The molecule has 2 N–H and O–H groups in total. The first-order valence-electron chi connectivity index (χ1n) is 10.0. The molecule has 0 saturated carbocycles. The van der Waals surface area contributed by atoms with Gasteiger partial charge in [0.1, 0.15) is 12.2 Å². The Morgan fingerprint density at radius 1 is 0.906 bits per heavy atom. The van der Waals surface area contributed by atoms with Crippen LogP contribution in [0.1, 0.15) is 21.6 Å². The van der Waals surface area contributed by atoms with Crippen LogP contribution in [0.4, 0.5) is 5.69 Å². The van der Waals surface area contributed by atoms with Crippen molar-refractivity contribution < 1.29 is 9.59 Å². The van der Waals surface area contributed by atoms with Crippen LogP contribution >= 0.6 is 0 Å². The number of fused-ring (bicyclic) bond motifs is 2. The summed E-state index contributed by atoms with van der Waals surface area (Å²) in [6.07, 6.45) is 1.38. The summed E-state index contributed by atoms with van der Waals surface area (Å²) < 4.78 is 0. The van der Waals surface area contributed by atoms with E-state index >= 15 is 0 Å². The third kappa shape index (κ3) is 4.37. The van der Waals surface area contributed by atoms with E-state index in [-0.39, 0.29) is 18.1 Å². The van der Waals surface area contributed by atoms with Crippen molar-refractivity contribution in [1.82, 2.24) is 9.97 Å². The first kappa shape index (κ1) is 20.9. The van der Waals surface area contributed by atoms with E-state index in [0.717, 1.165) is 28.0 Å². The predicted octanol–water partition coefficient (Wildman–Crippen LogP) is 3.23. The minimum absolute atomic E-state index is 0.0124. The molecule has 0 aliphatic carbocycles. The fourth-order valence-corrected chi connectivity index (χ4v) is 3.36. The monoisotopic (exact) mass is 423 g/mol. The number of anilines is 1. The summed E-state index contributed by atoms with van der Waals surface area (Å²) in [7, 11) is 1.80. The van der Waals surface area contributed by atoms with E-state index in [1.165, 1.54) is 6.20 Å². The standard InChI is InChI=1S/C16H14N2O.C9H7N3O/c1-18-14-10-6-5-9-13(14)16(17-11-15(18)19)12-7-3-2-4-8-12;10-9(13)8-5-11-6-3-1-2-4-7(6)12-8/h2-10H,11H2,1H3;1-5H,(H2,10,13). The molecule has 0 spiro atoms. The Hall–Kier alpha value is -4.39. The number of para-hydroxylation sites is 3. The molecule has 0 saturated heterocycles. The van der Waals surface area contributed by atoms with Gasteiger partial charge in [-0.3, -0.25) is 19.6 Å². The van der Waals surface area contributed by atoms with E-state index in [1.54, 1.807) is 18.0 Å². The summed E-state index contributed by atoms with van der Waals surface area (Å²) in [6, 6.07) is 25.2. The number of likely N-dealkylation sites (N-methyl/N-ethyl adjacent to an activating group) is 1. The number of benzodiazepines with no additional fused rings is 1. The average molecular weight is 423 g/mol. The van der Waals surface area contributed by atoms with Crippen molar-refractivity contribution >= 4 is 34.2 Å². The van der Waals surface area contributed by atoms with Gasteiger partial charge in [0, 0.05) is 18.2 Å². The summed E-state index contributed by atoms with van der Waals surface area (Å²) in [5, 5.41) is 0. The molecule has 7 nitrogen and oxygen atoms in total. The zero-order valence-electron chi connectivity index (χ0n) is 17.5. The maximum Gasteiger partial charge on any atom is 0.268 e. The highest BCUT2D eigenvalue weighted by molar-refractivity contribution is 6.19. The van der Waals surface area contributed by atoms with Gasteiger partial charge in [0.15, 0.2) is 0 Å². The third-order valence-electron chi connectivity index (χ3n) is 5.02. The van der Waals surface area contributed by atoms with Gasteiger partial charge in [-0.05, 0) is 18.2 Å². The highest BCUT2D eigenvalue weighted by Gasteiger charge is 2.21. The van der Waals surface area contributed by atoms with Gasteiger partial charge in [0.25, 0.3) is 5.91 Å². The Morgan fingerprint density at radius 2 is 1.56 bits per heavy atom. The lowest BCUT2D eigenvalue weighted by molar-refractivity contribution is -0.116. The third-order valence-corrected chi connectivity index (χ3v) is 5.02. The molecule has 0 fully saturated rings. The number of carbonyl (C=O) groups excluding carboxylic acids is 2. The number of rotatable bonds is 2. The van der Waals surface area contributed by atoms with E-state index in [2.05, 4.69) is 15.0 Å². The summed E-state index contributed by atoms with van der Waals surface area (Å²) in [6.45, 7) is 0.190. The molecule has 7 heteroatoms. The van der Waals surface area contributed by atoms with Crippen LogP contribution < -0.4 is 10.6 Å². The largest absolute Gasteiger partial charge is 0.364 e. The van der Waals surface area contributed by atoms with Crippen molar-refractivity contribution in [3.05, 3.63) is 102 Å². The van der Waals surface area contributed by atoms with Crippen LogP contribution in [0.2, 0.25) is 0 Å². The molecule has 158 valence electrons. The number of hydrogen-bond donors (Lipinski definition) is 1. The normalized spacial score (nSPS) is 12.8. The summed E-state index contributed by atoms with van der Waals surface area (Å²) in [5.41, 5.74) is 10.5. The molecule has 1 aliphatic heterocycles. The molecule has 1 aliphatic rings. The first-order valence-corrected chi connectivity index (χ1v) is 10.0. The number of nitrogens with zero attached hydrogens (tertiary/aromatic N) is 4. The van der Waals surface area contributed by atoms with Crippen LogP contribution in [0.25, 0.3) is 11.0 Å². The molecule has 5 rings (SSSR count). The number of nitrogens with two attached hydrogens (primary N) is 1. The van der Waals surface area contributed by atoms with Gasteiger partial charge < -0.3 is 10.6 Å². The summed E-state index contributed by atoms with van der Waals surface area (Å²) in [5.74, 6) is -0.545. The number of amides is 2. The van der Waals surface area contributed by atoms with Crippen molar-refractivity contribution in [2.24, 2.45) is 10.7 Å². The number of hydrogen-bond acceptors (Lipinski definition) is 5. The summed E-state index contributed by atoms with van der Waals surface area (Å²) in [4.78, 5) is 37.0. The van der Waals surface area contributed by atoms with Crippen molar-refractivity contribution in [2.45, 2.75) is 0 Å². The Balaban J connectivity index is 0.000000165. The van der Waals surface area contributed by atoms with Crippen LogP contribution in [-0.2, 0) is 4.79 Å². The topological polar surface area (TPSA) is 102 Å². The maximum absolute atomic E-state index is 12.0. The van der Waals surface area contributed by atoms with Crippen molar-refractivity contribution in [2.75, 3.05) is 18.5 Å². The number of benzene rings is 3. The minimum Gasteiger partial charge on any atom is -0.364 e. The van der Waals surface area contributed by atoms with Crippen LogP contribution in [0.3, 0.4) is 0 Å². The molecule has 32 heavy (non-hydrogen) atoms. The quantitative estimate of drug-likeness (QED) is 0.535. The van der Waals surface area contributed by atoms with E-state index in [4.69, 9.17) is 5.73 Å². The lowest BCUT2D eigenvalue weighted by Gasteiger charge is -2.17. The number of primary amides is 1. The van der Waals surface area contributed by atoms with E-state index in [9.17, 15) is 9.59 Å². The van der Waals surface area contributed by atoms with Crippen LogP contribution in [0.5, 0.6) is 0 Å². The van der Waals surface area contributed by atoms with Gasteiger partial charge in [-0.1, -0.05) is 60.7 Å². The van der Waals surface area contributed by atoms with E-state index in [1.807, 2.05) is 72.8 Å². The second-order valence-electron chi connectivity index (χ2n) is 7.11. The first-order chi connectivity index (χ1) is 15.5. The molecular formula is C25H21N5O2. The predicted molar refractivity (Wildman–Crippen MR) is 125 cm³/mol. The van der Waals surface area contributed by atoms with Gasteiger partial charge in [0.05, 0.1) is 28.6 Å². The smallest absolute Gasteiger partial charge is 0.268 e. The number of aliphatic imine (C=N–C) groups is 1. The fraction of sp³-hybridized carbons (Fsp3) is 0.0800. The zero-order valence-corrected chi connectivity index (χ0v) is 17.5. The molecule has 0 bridgehead atoms. The molecule has 1 aromatic heterocycles. The second-order valence-corrected chi connectivity index (χ2v) is 7.11. The Labute approximate surface area is 185 Å². The van der Waals surface area contributed by atoms with Crippen molar-refractivity contribution in [3.8, 4) is 0 Å². The second kappa shape index (κ2) is 9.18. The molecule has 2 amide bonds. The highest BCUT2D eigenvalue weighted by atomic mass is 16.2. The maximum atomic E-state index is 12.0. The Kier molecular flexibility index (Phi) is 5.98. The van der Waals surface area contributed by atoms with Gasteiger partial charge in [-0.25, -0.2) is 4.98 Å². The fourth-order valence-electron chi connectivity index (χ4n) is 3.36. The van der Waals surface area contributed by atoms with Crippen molar-refractivity contribution in [1.29, 1.82) is 0 Å². The van der Waals surface area contributed by atoms with E-state index in [0.29, 0.717) is 5.52 Å². The molecule has 2 heterocycles. The van der Waals surface area contributed by atoms with E-state index < -0.39 is 5.91 Å². The molecule has 0 atom stereocenters. The van der Waals surface area contributed by atoms with Gasteiger partial charge >= 0.3 is 0 Å². The Morgan fingerprint density at radius 3 is 2.31 bits per heavy atom. The minimum atomic E-state index is -0.557. The number of carbonyl (C=O) groups is 2. The lowest BCUT2D eigenvalue weighted by Crippen LogP contribution is -2.27. The molecular weight excluding hydrogens is 402 g/mol. The summed E-state index contributed by atoms with van der Waals surface area (Å²) >= 11 is 0. The Bertz CT molecular complexity index is 1320. The molecule has 0 radical (unpaired) electrons. The molecule has 3 aromatic carbocycles. The number of aromatic nitrogens is 2. The van der Waals surface area contributed by atoms with Crippen molar-refractivity contribution in [3.63, 3.8) is 0 Å². The zero-order chi connectivity index (χ0) is 22.5. The molecule has 0 unspecified atom stereocenters. The van der Waals surface area contributed by atoms with Gasteiger partial charge in [-0.15, -0.1) is 0 Å². The SMILES string of the molecule is CN1C(=O)CN=C(c2ccccc2)c2ccccc21.NC(=O)c1cnc2ccccc2n1. The van der Waals surface area contributed by atoms with Gasteiger partial charge in [-0.2, -0.15) is 0 Å². The van der Waals surface area contributed by atoms with Crippen LogP contribution in [-0.4, -0.2) is 41.1 Å². The van der Waals surface area contributed by atoms with Gasteiger partial charge in [0.2, 0.25) is 5.91 Å². The lowest BCUT2D eigenvalue weighted by atomic mass is 10.0. The van der Waals surface area contributed by atoms with Crippen LogP contribution in [0.15, 0.2) is 90.1 Å².